The van der Waals surface area contributed by atoms with E-state index in [2.05, 4.69) is 57.6 Å². The minimum Gasteiger partial charge on any atom is -0.357 e. The van der Waals surface area contributed by atoms with Crippen molar-refractivity contribution in [1.82, 2.24) is 9.80 Å². The van der Waals surface area contributed by atoms with Crippen LogP contribution in [0.25, 0.3) is 0 Å². The molecule has 4 heteroatoms. The van der Waals surface area contributed by atoms with Crippen molar-refractivity contribution in [2.45, 2.75) is 46.8 Å². The molecule has 0 N–H and O–H groups in total. The van der Waals surface area contributed by atoms with Crippen LogP contribution in [-0.4, -0.2) is 47.5 Å². The van der Waals surface area contributed by atoms with Crippen LogP contribution in [0.3, 0.4) is 0 Å². The fourth-order valence-corrected chi connectivity index (χ4v) is 4.11. The van der Waals surface area contributed by atoms with Gasteiger partial charge in [-0.25, -0.2) is 0 Å². The molecule has 0 aliphatic heterocycles. The molecule has 0 atom stereocenters. The number of hydrogen-bond donors (Lipinski definition) is 0. The van der Waals surface area contributed by atoms with Gasteiger partial charge in [-0.05, 0) is 34.0 Å². The maximum Gasteiger partial charge on any atom is 0.124 e. The SMILES string of the molecule is CCN(CC)C(=C(SC)SC(C)C)N(CC)CC. The number of thioether (sulfide) groups is 2. The summed E-state index contributed by atoms with van der Waals surface area (Å²) in [4.78, 5) is 4.96. The molecule has 2 nitrogen and oxygen atoms in total. The van der Waals surface area contributed by atoms with Gasteiger partial charge in [0.15, 0.2) is 0 Å². The van der Waals surface area contributed by atoms with Gasteiger partial charge < -0.3 is 9.80 Å². The average molecular weight is 291 g/mol. The van der Waals surface area contributed by atoms with E-state index >= 15 is 0 Å². The van der Waals surface area contributed by atoms with Crippen molar-refractivity contribution in [3.63, 3.8) is 0 Å². The van der Waals surface area contributed by atoms with Crippen molar-refractivity contribution in [3.05, 3.63) is 10.1 Å². The largest absolute Gasteiger partial charge is 0.357 e. The zero-order valence-corrected chi connectivity index (χ0v) is 14.7. The summed E-state index contributed by atoms with van der Waals surface area (Å²) in [6, 6.07) is 0. The molecule has 0 aliphatic carbocycles. The summed E-state index contributed by atoms with van der Waals surface area (Å²) in [5, 5.41) is 0.633. The molecule has 0 aromatic rings. The van der Waals surface area contributed by atoms with E-state index in [4.69, 9.17) is 0 Å². The normalized spacial score (nSPS) is 10.7. The summed E-state index contributed by atoms with van der Waals surface area (Å²) in [6.45, 7) is 17.8. The van der Waals surface area contributed by atoms with Crippen LogP contribution in [0.4, 0.5) is 0 Å². The maximum atomic E-state index is 2.48. The van der Waals surface area contributed by atoms with Gasteiger partial charge in [0.2, 0.25) is 0 Å². The van der Waals surface area contributed by atoms with Crippen molar-refractivity contribution in [2.24, 2.45) is 0 Å². The van der Waals surface area contributed by atoms with E-state index in [9.17, 15) is 0 Å². The lowest BCUT2D eigenvalue weighted by Crippen LogP contribution is -2.36. The summed E-state index contributed by atoms with van der Waals surface area (Å²) in [5.41, 5.74) is 0. The van der Waals surface area contributed by atoms with Gasteiger partial charge in [0.1, 0.15) is 5.82 Å². The first-order valence-electron chi connectivity index (χ1n) is 7.00. The van der Waals surface area contributed by atoms with E-state index in [1.165, 1.54) is 10.1 Å². The van der Waals surface area contributed by atoms with E-state index in [-0.39, 0.29) is 0 Å². The third-order valence-electron chi connectivity index (χ3n) is 2.84. The molecule has 0 unspecified atom stereocenters. The highest BCUT2D eigenvalue weighted by atomic mass is 32.2. The molecule has 0 heterocycles. The standard InChI is InChI=1S/C14H30N2S2/c1-8-15(9-2)13(16(10-3)11-4)14(17-7)18-12(5)6/h12H,8-11H2,1-7H3. The number of rotatable bonds is 9. The summed E-state index contributed by atoms with van der Waals surface area (Å²) in [5.74, 6) is 1.43. The van der Waals surface area contributed by atoms with E-state index in [1.54, 1.807) is 0 Å². The Kier molecular flexibility index (Phi) is 9.93. The van der Waals surface area contributed by atoms with Crippen LogP contribution in [0.15, 0.2) is 10.1 Å². The Bertz CT molecular complexity index is 230. The first kappa shape index (κ1) is 18.0. The molecule has 0 aromatic heterocycles. The minimum atomic E-state index is 0.633. The van der Waals surface area contributed by atoms with Gasteiger partial charge in [-0.2, -0.15) is 0 Å². The summed E-state index contributed by atoms with van der Waals surface area (Å²) >= 11 is 3.87. The monoisotopic (exact) mass is 290 g/mol. The average Bonchev–Trinajstić information content (AvgIpc) is 2.36. The van der Waals surface area contributed by atoms with Crippen LogP contribution >= 0.6 is 23.5 Å². The molecule has 0 spiro atoms. The summed E-state index contributed by atoms with van der Waals surface area (Å²) < 4.78 is 1.46. The molecule has 0 bridgehead atoms. The summed E-state index contributed by atoms with van der Waals surface area (Å²) in [6.07, 6.45) is 2.19. The Balaban J connectivity index is 5.42. The number of nitrogens with zero attached hydrogens (tertiary/aromatic N) is 2. The van der Waals surface area contributed by atoms with Crippen LogP contribution < -0.4 is 0 Å². The fraction of sp³-hybridized carbons (Fsp3) is 0.857. The van der Waals surface area contributed by atoms with Crippen LogP contribution in [-0.2, 0) is 0 Å². The molecule has 0 saturated carbocycles. The van der Waals surface area contributed by atoms with Crippen molar-refractivity contribution < 1.29 is 0 Å². The lowest BCUT2D eigenvalue weighted by Gasteiger charge is -2.35. The van der Waals surface area contributed by atoms with Gasteiger partial charge in [-0.1, -0.05) is 13.8 Å². The molecule has 108 valence electrons. The molecule has 0 amide bonds. The highest BCUT2D eigenvalue weighted by Gasteiger charge is 2.18. The van der Waals surface area contributed by atoms with Crippen molar-refractivity contribution >= 4 is 23.5 Å². The molecule has 18 heavy (non-hydrogen) atoms. The molecule has 0 saturated heterocycles. The van der Waals surface area contributed by atoms with Crippen molar-refractivity contribution in [2.75, 3.05) is 32.4 Å². The topological polar surface area (TPSA) is 6.48 Å². The quantitative estimate of drug-likeness (QED) is 0.624. The van der Waals surface area contributed by atoms with Gasteiger partial charge >= 0.3 is 0 Å². The Morgan fingerprint density at radius 3 is 1.50 bits per heavy atom. The minimum absolute atomic E-state index is 0.633. The zero-order valence-electron chi connectivity index (χ0n) is 13.1. The molecule has 0 aromatic carbocycles. The van der Waals surface area contributed by atoms with Gasteiger partial charge in [-0.3, -0.25) is 0 Å². The molecular weight excluding hydrogens is 260 g/mol. The van der Waals surface area contributed by atoms with Crippen LogP contribution in [0.5, 0.6) is 0 Å². The predicted octanol–water partition coefficient (Wildman–Crippen LogP) is 4.30. The van der Waals surface area contributed by atoms with E-state index in [1.807, 2.05) is 23.5 Å². The highest BCUT2D eigenvalue weighted by Crippen LogP contribution is 2.35. The molecule has 0 aliphatic rings. The molecular formula is C14H30N2S2. The van der Waals surface area contributed by atoms with E-state index in [0.29, 0.717) is 5.25 Å². The maximum absolute atomic E-state index is 2.48. The second-order valence-corrected chi connectivity index (χ2v) is 6.99. The molecule has 0 radical (unpaired) electrons. The van der Waals surface area contributed by atoms with E-state index < -0.39 is 0 Å². The molecule has 0 rings (SSSR count). The predicted molar refractivity (Wildman–Crippen MR) is 89.1 cm³/mol. The first-order valence-corrected chi connectivity index (χ1v) is 9.10. The summed E-state index contributed by atoms with van der Waals surface area (Å²) in [7, 11) is 0. The lowest BCUT2D eigenvalue weighted by atomic mass is 10.4. The highest BCUT2D eigenvalue weighted by molar-refractivity contribution is 8.22. The Hall–Kier alpha value is 0.0400. The van der Waals surface area contributed by atoms with Crippen molar-refractivity contribution in [1.29, 1.82) is 0 Å². The Labute approximate surface area is 123 Å². The smallest absolute Gasteiger partial charge is 0.124 e. The third-order valence-corrected chi connectivity index (χ3v) is 5.05. The van der Waals surface area contributed by atoms with E-state index in [0.717, 1.165) is 26.2 Å². The van der Waals surface area contributed by atoms with Gasteiger partial charge in [0.25, 0.3) is 0 Å². The first-order chi connectivity index (χ1) is 8.55. The van der Waals surface area contributed by atoms with Gasteiger partial charge in [0, 0.05) is 31.4 Å². The fourth-order valence-electron chi connectivity index (χ4n) is 1.91. The second-order valence-electron chi connectivity index (χ2n) is 4.33. The third kappa shape index (κ3) is 5.35. The van der Waals surface area contributed by atoms with Crippen LogP contribution in [0.2, 0.25) is 0 Å². The zero-order chi connectivity index (χ0) is 14.1. The van der Waals surface area contributed by atoms with Crippen LogP contribution in [0.1, 0.15) is 41.5 Å². The number of hydrogen-bond acceptors (Lipinski definition) is 4. The Morgan fingerprint density at radius 2 is 1.28 bits per heavy atom. The second kappa shape index (κ2) is 9.90. The Morgan fingerprint density at radius 1 is 0.889 bits per heavy atom. The molecule has 0 fully saturated rings. The van der Waals surface area contributed by atoms with Gasteiger partial charge in [0.05, 0.1) is 4.24 Å². The van der Waals surface area contributed by atoms with Crippen molar-refractivity contribution in [3.8, 4) is 0 Å². The lowest BCUT2D eigenvalue weighted by molar-refractivity contribution is 0.235. The van der Waals surface area contributed by atoms with Crippen LogP contribution in [0, 0.1) is 0 Å². The van der Waals surface area contributed by atoms with Gasteiger partial charge in [-0.15, -0.1) is 23.5 Å².